The van der Waals surface area contributed by atoms with Crippen LogP contribution in [-0.2, 0) is 20.7 Å². The Balaban J connectivity index is 2.58. The minimum absolute atomic E-state index is 0.0843. The average molecular weight is 242 g/mol. The van der Waals surface area contributed by atoms with Gasteiger partial charge in [-0.25, -0.2) is 4.98 Å². The molecule has 0 spiro atoms. The van der Waals surface area contributed by atoms with Crippen molar-refractivity contribution in [1.29, 1.82) is 0 Å². The van der Waals surface area contributed by atoms with Crippen LogP contribution in [0.25, 0.3) is 0 Å². The van der Waals surface area contributed by atoms with Crippen molar-refractivity contribution in [2.24, 2.45) is 5.92 Å². The Morgan fingerprint density at radius 3 is 2.81 bits per heavy atom. The van der Waals surface area contributed by atoms with Gasteiger partial charge in [-0.2, -0.15) is 0 Å². The van der Waals surface area contributed by atoms with Gasteiger partial charge in [0.2, 0.25) is 5.91 Å². The first-order chi connectivity index (χ1) is 7.52. The lowest BCUT2D eigenvalue weighted by atomic mass is 10.2. The molecule has 1 aromatic rings. The molecule has 0 unspecified atom stereocenters. The second kappa shape index (κ2) is 5.60. The van der Waals surface area contributed by atoms with Crippen LogP contribution in [0.2, 0.25) is 0 Å². The lowest BCUT2D eigenvalue weighted by molar-refractivity contribution is -0.139. The van der Waals surface area contributed by atoms with Crippen LogP contribution in [0.5, 0.6) is 0 Å². The molecule has 1 aromatic heterocycles. The summed E-state index contributed by atoms with van der Waals surface area (Å²) in [6, 6.07) is 0. The highest BCUT2D eigenvalue weighted by atomic mass is 32.1. The number of anilines is 1. The maximum Gasteiger partial charge on any atom is 0.311 e. The lowest BCUT2D eigenvalue weighted by Gasteiger charge is -2.03. The molecule has 0 atom stereocenters. The number of esters is 1. The van der Waals surface area contributed by atoms with Gasteiger partial charge in [-0.3, -0.25) is 9.59 Å². The van der Waals surface area contributed by atoms with Gasteiger partial charge in [0, 0.05) is 11.3 Å². The van der Waals surface area contributed by atoms with E-state index in [4.69, 9.17) is 0 Å². The van der Waals surface area contributed by atoms with E-state index in [0.29, 0.717) is 10.8 Å². The number of carbonyl (C=O) groups excluding carboxylic acids is 2. The monoisotopic (exact) mass is 242 g/mol. The topological polar surface area (TPSA) is 68.3 Å². The summed E-state index contributed by atoms with van der Waals surface area (Å²) in [5, 5.41) is 4.91. The molecule has 5 nitrogen and oxygen atoms in total. The van der Waals surface area contributed by atoms with Crippen LogP contribution >= 0.6 is 11.3 Å². The second-order valence-corrected chi connectivity index (χ2v) is 4.40. The minimum atomic E-state index is -0.341. The summed E-state index contributed by atoms with van der Waals surface area (Å²) in [5.41, 5.74) is 0.607. The molecule has 0 aliphatic rings. The Kier molecular flexibility index (Phi) is 4.42. The van der Waals surface area contributed by atoms with Crippen LogP contribution in [0.15, 0.2) is 5.38 Å². The van der Waals surface area contributed by atoms with Gasteiger partial charge in [-0.05, 0) is 0 Å². The first-order valence-corrected chi connectivity index (χ1v) is 5.73. The largest absolute Gasteiger partial charge is 0.469 e. The fourth-order valence-electron chi connectivity index (χ4n) is 0.915. The van der Waals surface area contributed by atoms with E-state index in [-0.39, 0.29) is 24.2 Å². The number of nitrogens with one attached hydrogen (secondary N) is 1. The fraction of sp³-hybridized carbons (Fsp3) is 0.500. The van der Waals surface area contributed by atoms with Crippen molar-refractivity contribution < 1.29 is 14.3 Å². The summed E-state index contributed by atoms with van der Waals surface area (Å²) in [4.78, 5) is 26.4. The molecular formula is C10H14N2O3S. The fourth-order valence-corrected chi connectivity index (χ4v) is 1.63. The van der Waals surface area contributed by atoms with E-state index >= 15 is 0 Å². The molecule has 1 heterocycles. The number of hydrogen-bond acceptors (Lipinski definition) is 5. The quantitative estimate of drug-likeness (QED) is 0.811. The summed E-state index contributed by atoms with van der Waals surface area (Å²) in [6.45, 7) is 3.61. The van der Waals surface area contributed by atoms with Crippen molar-refractivity contribution >= 4 is 28.3 Å². The van der Waals surface area contributed by atoms with Crippen molar-refractivity contribution in [3.8, 4) is 0 Å². The molecule has 1 rings (SSSR count). The van der Waals surface area contributed by atoms with Crippen molar-refractivity contribution in [3.05, 3.63) is 11.1 Å². The summed E-state index contributed by atoms with van der Waals surface area (Å²) in [5.74, 6) is -0.515. The van der Waals surface area contributed by atoms with Gasteiger partial charge in [0.05, 0.1) is 19.2 Å². The van der Waals surface area contributed by atoms with Crippen LogP contribution in [0.3, 0.4) is 0 Å². The van der Waals surface area contributed by atoms with Crippen LogP contribution < -0.4 is 5.32 Å². The third-order valence-electron chi connectivity index (χ3n) is 1.86. The summed E-state index contributed by atoms with van der Waals surface area (Å²) in [6.07, 6.45) is 0.130. The Bertz CT molecular complexity index is 387. The molecule has 0 radical (unpaired) electrons. The number of methoxy groups -OCH3 is 1. The van der Waals surface area contributed by atoms with E-state index in [2.05, 4.69) is 15.0 Å². The number of aromatic nitrogens is 1. The van der Waals surface area contributed by atoms with Crippen molar-refractivity contribution in [3.63, 3.8) is 0 Å². The SMILES string of the molecule is COC(=O)Cc1csc(NC(=O)C(C)C)n1. The van der Waals surface area contributed by atoms with E-state index in [0.717, 1.165) is 0 Å². The number of ether oxygens (including phenoxy) is 1. The highest BCUT2D eigenvalue weighted by Gasteiger charge is 2.11. The molecule has 0 saturated heterocycles. The lowest BCUT2D eigenvalue weighted by Crippen LogP contribution is -2.17. The third kappa shape index (κ3) is 3.62. The molecule has 0 aliphatic carbocycles. The Morgan fingerprint density at radius 1 is 1.56 bits per heavy atom. The summed E-state index contributed by atoms with van der Waals surface area (Å²) < 4.78 is 4.52. The zero-order chi connectivity index (χ0) is 12.1. The minimum Gasteiger partial charge on any atom is -0.469 e. The standard InChI is InChI=1S/C10H14N2O3S/c1-6(2)9(14)12-10-11-7(5-16-10)4-8(13)15-3/h5-6H,4H2,1-3H3,(H,11,12,14). The number of carbonyl (C=O) groups is 2. The number of thiazole rings is 1. The molecule has 0 aromatic carbocycles. The van der Waals surface area contributed by atoms with E-state index in [1.54, 1.807) is 19.2 Å². The molecule has 0 saturated carbocycles. The number of rotatable bonds is 4. The van der Waals surface area contributed by atoms with Gasteiger partial charge in [0.1, 0.15) is 0 Å². The van der Waals surface area contributed by atoms with E-state index in [9.17, 15) is 9.59 Å². The molecular weight excluding hydrogens is 228 g/mol. The highest BCUT2D eigenvalue weighted by Crippen LogP contribution is 2.16. The van der Waals surface area contributed by atoms with E-state index in [1.165, 1.54) is 18.4 Å². The Labute approximate surface area is 97.8 Å². The van der Waals surface area contributed by atoms with Crippen molar-refractivity contribution in [2.45, 2.75) is 20.3 Å². The number of amides is 1. The van der Waals surface area contributed by atoms with E-state index in [1.807, 2.05) is 0 Å². The predicted octanol–water partition coefficient (Wildman–Crippen LogP) is 1.45. The first kappa shape index (κ1) is 12.6. The van der Waals surface area contributed by atoms with Crippen LogP contribution in [0.1, 0.15) is 19.5 Å². The molecule has 1 N–H and O–H groups in total. The van der Waals surface area contributed by atoms with Gasteiger partial charge in [0.15, 0.2) is 5.13 Å². The molecule has 6 heteroatoms. The zero-order valence-corrected chi connectivity index (χ0v) is 10.3. The Morgan fingerprint density at radius 2 is 2.25 bits per heavy atom. The summed E-state index contributed by atoms with van der Waals surface area (Å²) in [7, 11) is 1.33. The second-order valence-electron chi connectivity index (χ2n) is 3.54. The Hall–Kier alpha value is -1.43. The van der Waals surface area contributed by atoms with Gasteiger partial charge < -0.3 is 10.1 Å². The normalized spacial score (nSPS) is 10.2. The molecule has 0 fully saturated rings. The van der Waals surface area contributed by atoms with Gasteiger partial charge in [0.25, 0.3) is 0 Å². The molecule has 0 aliphatic heterocycles. The van der Waals surface area contributed by atoms with Crippen LogP contribution in [0.4, 0.5) is 5.13 Å². The van der Waals surface area contributed by atoms with Gasteiger partial charge >= 0.3 is 5.97 Å². The number of nitrogens with zero attached hydrogens (tertiary/aromatic N) is 1. The van der Waals surface area contributed by atoms with Gasteiger partial charge in [-0.15, -0.1) is 11.3 Å². The number of hydrogen-bond donors (Lipinski definition) is 1. The van der Waals surface area contributed by atoms with Crippen molar-refractivity contribution in [1.82, 2.24) is 4.98 Å². The summed E-state index contributed by atoms with van der Waals surface area (Å²) >= 11 is 1.30. The smallest absolute Gasteiger partial charge is 0.311 e. The molecule has 1 amide bonds. The maximum absolute atomic E-state index is 11.4. The molecule has 0 bridgehead atoms. The average Bonchev–Trinajstić information content (AvgIpc) is 2.65. The molecule has 88 valence electrons. The van der Waals surface area contributed by atoms with Crippen molar-refractivity contribution in [2.75, 3.05) is 12.4 Å². The third-order valence-corrected chi connectivity index (χ3v) is 2.67. The highest BCUT2D eigenvalue weighted by molar-refractivity contribution is 7.13. The van der Waals surface area contributed by atoms with E-state index < -0.39 is 0 Å². The van der Waals surface area contributed by atoms with Gasteiger partial charge in [-0.1, -0.05) is 13.8 Å². The predicted molar refractivity (Wildman–Crippen MR) is 61.3 cm³/mol. The maximum atomic E-state index is 11.4. The van der Waals surface area contributed by atoms with Crippen LogP contribution in [0, 0.1) is 5.92 Å². The molecule has 16 heavy (non-hydrogen) atoms. The first-order valence-electron chi connectivity index (χ1n) is 4.85. The van der Waals surface area contributed by atoms with Crippen LogP contribution in [-0.4, -0.2) is 24.0 Å². The zero-order valence-electron chi connectivity index (χ0n) is 9.44.